The largest absolute Gasteiger partial charge is 0.495 e. The number of methoxy groups -OCH3 is 1. The van der Waals surface area contributed by atoms with Gasteiger partial charge in [0.05, 0.1) is 24.2 Å². The quantitative estimate of drug-likeness (QED) is 0.486. The molecule has 9 nitrogen and oxygen atoms in total. The number of nitrogens with one attached hydrogen (secondary N) is 2. The second kappa shape index (κ2) is 9.97. The van der Waals surface area contributed by atoms with Crippen LogP contribution >= 0.6 is 0 Å². The number of piperidine rings is 1. The van der Waals surface area contributed by atoms with Crippen molar-refractivity contribution in [2.75, 3.05) is 31.2 Å². The van der Waals surface area contributed by atoms with Gasteiger partial charge in [-0.25, -0.2) is 14.6 Å². The maximum Gasteiger partial charge on any atom is 0.224 e. The van der Waals surface area contributed by atoms with Crippen LogP contribution in [0.3, 0.4) is 0 Å². The third-order valence-corrected chi connectivity index (χ3v) is 7.18. The van der Waals surface area contributed by atoms with Crippen LogP contribution in [-0.2, 0) is 4.79 Å². The van der Waals surface area contributed by atoms with Crippen LogP contribution in [0.1, 0.15) is 57.4 Å². The first-order valence-corrected chi connectivity index (χ1v) is 12.3. The van der Waals surface area contributed by atoms with Crippen LogP contribution < -0.4 is 21.1 Å². The Hall–Kier alpha value is -3.20. The Labute approximate surface area is 199 Å². The maximum atomic E-state index is 12.6. The first-order chi connectivity index (χ1) is 16.6. The number of nitrogen functional groups attached to an aromatic ring is 1. The number of ether oxygens (including phenoxy) is 1. The van der Waals surface area contributed by atoms with Crippen molar-refractivity contribution in [2.24, 2.45) is 5.92 Å². The number of fused-ring (bicyclic) bond motifs is 1. The average molecular weight is 464 g/mol. The van der Waals surface area contributed by atoms with Crippen molar-refractivity contribution in [1.82, 2.24) is 25.1 Å². The van der Waals surface area contributed by atoms with E-state index in [1.165, 1.54) is 32.0 Å². The van der Waals surface area contributed by atoms with Crippen LogP contribution in [0, 0.1) is 5.92 Å². The molecule has 1 saturated carbocycles. The van der Waals surface area contributed by atoms with Gasteiger partial charge in [0.15, 0.2) is 5.65 Å². The highest BCUT2D eigenvalue weighted by Crippen LogP contribution is 2.37. The van der Waals surface area contributed by atoms with E-state index in [2.05, 4.69) is 20.6 Å². The Morgan fingerprint density at radius 1 is 1.21 bits per heavy atom. The molecule has 0 spiro atoms. The van der Waals surface area contributed by atoms with E-state index >= 15 is 0 Å². The molecule has 0 bridgehead atoms. The molecular weight excluding hydrogens is 430 g/mol. The number of amides is 1. The Kier molecular flexibility index (Phi) is 6.62. The van der Waals surface area contributed by atoms with Crippen molar-refractivity contribution in [3.8, 4) is 17.0 Å². The molecule has 2 aromatic heterocycles. The maximum absolute atomic E-state index is 12.6. The Balaban J connectivity index is 1.42. The van der Waals surface area contributed by atoms with E-state index in [0.29, 0.717) is 29.6 Å². The summed E-state index contributed by atoms with van der Waals surface area (Å²) in [5, 5.41) is 12.1. The van der Waals surface area contributed by atoms with Crippen LogP contribution in [0.5, 0.6) is 5.75 Å². The molecule has 0 atom stereocenters. The molecule has 3 heterocycles. The molecule has 5 rings (SSSR count). The summed E-state index contributed by atoms with van der Waals surface area (Å²) in [6.45, 7) is 1.90. The van der Waals surface area contributed by atoms with Crippen molar-refractivity contribution in [1.29, 1.82) is 0 Å². The molecule has 4 N–H and O–H groups in total. The molecule has 0 unspecified atom stereocenters. The fraction of sp³-hybridized carbons (Fsp3) is 0.520. The minimum atomic E-state index is 0.0243. The molecule has 1 aromatic carbocycles. The third-order valence-electron chi connectivity index (χ3n) is 7.18. The van der Waals surface area contributed by atoms with Crippen molar-refractivity contribution < 1.29 is 9.53 Å². The van der Waals surface area contributed by atoms with Crippen LogP contribution in [0.25, 0.3) is 22.3 Å². The smallest absolute Gasteiger partial charge is 0.224 e. The van der Waals surface area contributed by atoms with E-state index in [1.807, 2.05) is 22.9 Å². The first kappa shape index (κ1) is 22.6. The number of aromatic nitrogens is 4. The number of nitrogens with two attached hydrogens (primary N) is 1. The summed E-state index contributed by atoms with van der Waals surface area (Å²) in [5.74, 6) is 1.71. The zero-order valence-corrected chi connectivity index (χ0v) is 19.7. The van der Waals surface area contributed by atoms with Crippen molar-refractivity contribution in [2.45, 2.75) is 57.4 Å². The monoisotopic (exact) mass is 463 g/mol. The average Bonchev–Trinajstić information content (AvgIpc) is 3.52. The molecule has 34 heavy (non-hydrogen) atoms. The van der Waals surface area contributed by atoms with Crippen molar-refractivity contribution in [3.63, 3.8) is 0 Å². The van der Waals surface area contributed by atoms with E-state index in [-0.39, 0.29) is 11.9 Å². The summed E-state index contributed by atoms with van der Waals surface area (Å²) in [7, 11) is 1.61. The zero-order chi connectivity index (χ0) is 23.5. The molecular formula is C25H33N7O2. The van der Waals surface area contributed by atoms with E-state index in [0.717, 1.165) is 54.6 Å². The third kappa shape index (κ3) is 4.57. The molecule has 3 aromatic rings. The van der Waals surface area contributed by atoms with E-state index < -0.39 is 0 Å². The van der Waals surface area contributed by atoms with Gasteiger partial charge in [-0.2, -0.15) is 5.10 Å². The summed E-state index contributed by atoms with van der Waals surface area (Å²) in [4.78, 5) is 21.3. The summed E-state index contributed by atoms with van der Waals surface area (Å²) in [5.41, 5.74) is 9.27. The lowest BCUT2D eigenvalue weighted by molar-refractivity contribution is -0.116. The summed E-state index contributed by atoms with van der Waals surface area (Å²) < 4.78 is 7.63. The van der Waals surface area contributed by atoms with Gasteiger partial charge in [-0.15, -0.1) is 0 Å². The first-order valence-electron chi connectivity index (χ1n) is 12.3. The second-order valence-corrected chi connectivity index (χ2v) is 9.38. The lowest BCUT2D eigenvalue weighted by Gasteiger charge is -2.23. The molecule has 1 amide bonds. The number of carbonyl (C=O) groups is 1. The summed E-state index contributed by atoms with van der Waals surface area (Å²) in [6.07, 6.45) is 10.0. The SMILES string of the molecule is COc1cc(-c2nn(C3CCNCC3)c3ncnc(N)c23)ccc1NC(=O)CCC1CCCC1. The highest BCUT2D eigenvalue weighted by molar-refractivity contribution is 5.99. The highest BCUT2D eigenvalue weighted by Gasteiger charge is 2.24. The van der Waals surface area contributed by atoms with Gasteiger partial charge in [-0.3, -0.25) is 4.79 Å². The number of rotatable bonds is 7. The summed E-state index contributed by atoms with van der Waals surface area (Å²) >= 11 is 0. The van der Waals surface area contributed by atoms with Gasteiger partial charge in [0.2, 0.25) is 5.91 Å². The molecule has 9 heteroatoms. The number of hydrogen-bond donors (Lipinski definition) is 3. The predicted molar refractivity (Wildman–Crippen MR) is 133 cm³/mol. The van der Waals surface area contributed by atoms with Gasteiger partial charge in [0.25, 0.3) is 0 Å². The van der Waals surface area contributed by atoms with E-state index in [4.69, 9.17) is 15.6 Å². The van der Waals surface area contributed by atoms with Gasteiger partial charge in [-0.1, -0.05) is 31.7 Å². The molecule has 2 fully saturated rings. The van der Waals surface area contributed by atoms with Gasteiger partial charge < -0.3 is 21.1 Å². The normalized spacial score (nSPS) is 17.3. The molecule has 0 radical (unpaired) electrons. The van der Waals surface area contributed by atoms with Gasteiger partial charge in [0, 0.05) is 12.0 Å². The second-order valence-electron chi connectivity index (χ2n) is 9.38. The lowest BCUT2D eigenvalue weighted by Crippen LogP contribution is -2.30. The molecule has 2 aliphatic rings. The number of hydrogen-bond acceptors (Lipinski definition) is 7. The summed E-state index contributed by atoms with van der Waals surface area (Å²) in [6, 6.07) is 5.97. The van der Waals surface area contributed by atoms with Crippen molar-refractivity contribution in [3.05, 3.63) is 24.5 Å². The molecule has 180 valence electrons. The van der Waals surface area contributed by atoms with Gasteiger partial charge in [0.1, 0.15) is 23.6 Å². The minimum absolute atomic E-state index is 0.0243. The van der Waals surface area contributed by atoms with Crippen LogP contribution in [0.4, 0.5) is 11.5 Å². The van der Waals surface area contributed by atoms with E-state index in [1.54, 1.807) is 7.11 Å². The van der Waals surface area contributed by atoms with Crippen molar-refractivity contribution >= 4 is 28.4 Å². The fourth-order valence-corrected chi connectivity index (χ4v) is 5.29. The van der Waals surface area contributed by atoms with E-state index in [9.17, 15) is 4.79 Å². The van der Waals surface area contributed by atoms with Crippen LogP contribution in [0.2, 0.25) is 0 Å². The molecule has 1 aliphatic heterocycles. The van der Waals surface area contributed by atoms with Crippen LogP contribution in [0.15, 0.2) is 24.5 Å². The van der Waals surface area contributed by atoms with Gasteiger partial charge >= 0.3 is 0 Å². The number of nitrogens with zero attached hydrogens (tertiary/aromatic N) is 4. The number of benzene rings is 1. The predicted octanol–water partition coefficient (Wildman–Crippen LogP) is 3.92. The standard InChI is InChI=1S/C25H33N7O2/c1-34-20-14-17(7-8-19(20)30-21(33)9-6-16-4-2-3-5-16)23-22-24(26)28-15-29-25(22)32(31-23)18-10-12-27-13-11-18/h7-8,14-16,18,27H,2-6,9-13H2,1H3,(H,30,33)(H2,26,28,29). The Bertz CT molecular complexity index is 1160. The minimum Gasteiger partial charge on any atom is -0.495 e. The molecule has 1 aliphatic carbocycles. The number of anilines is 2. The molecule has 1 saturated heterocycles. The topological polar surface area (TPSA) is 120 Å². The highest BCUT2D eigenvalue weighted by atomic mass is 16.5. The lowest BCUT2D eigenvalue weighted by atomic mass is 10.0. The van der Waals surface area contributed by atoms with Gasteiger partial charge in [-0.05, 0) is 50.4 Å². The number of carbonyl (C=O) groups excluding carboxylic acids is 1. The Morgan fingerprint density at radius 3 is 2.76 bits per heavy atom. The fourth-order valence-electron chi connectivity index (χ4n) is 5.29. The Morgan fingerprint density at radius 2 is 2.00 bits per heavy atom. The zero-order valence-electron chi connectivity index (χ0n) is 19.7. The van der Waals surface area contributed by atoms with Crippen LogP contribution in [-0.4, -0.2) is 45.9 Å².